The molecule has 0 fully saturated rings. The van der Waals surface area contributed by atoms with Gasteiger partial charge in [-0.25, -0.2) is 13.1 Å². The summed E-state index contributed by atoms with van der Waals surface area (Å²) in [6.45, 7) is 7.37. The first-order valence-electron chi connectivity index (χ1n) is 10.1. The van der Waals surface area contributed by atoms with Gasteiger partial charge in [0.25, 0.3) is 0 Å². The first-order valence-corrected chi connectivity index (χ1v) is 11.6. The summed E-state index contributed by atoms with van der Waals surface area (Å²) < 4.78 is 34.8. The average Bonchev–Trinajstić information content (AvgIpc) is 3.16. The lowest BCUT2D eigenvalue weighted by Gasteiger charge is -2.18. The van der Waals surface area contributed by atoms with Gasteiger partial charge in [-0.3, -0.25) is 4.99 Å². The molecule has 2 aromatic rings. The van der Waals surface area contributed by atoms with Crippen LogP contribution in [0.4, 0.5) is 0 Å². The maximum atomic E-state index is 12.2. The third-order valence-corrected chi connectivity index (χ3v) is 6.07. The van der Waals surface area contributed by atoms with Gasteiger partial charge in [-0.2, -0.15) is 0 Å². The number of guanidine groups is 1. The Kier molecular flexibility index (Phi) is 8.73. The first kappa shape index (κ1) is 23.8. The summed E-state index contributed by atoms with van der Waals surface area (Å²) in [6.07, 6.45) is 4.34. The molecule has 0 spiro atoms. The van der Waals surface area contributed by atoms with Crippen LogP contribution in [0.3, 0.4) is 0 Å². The van der Waals surface area contributed by atoms with Crippen molar-refractivity contribution < 1.29 is 13.2 Å². The topological polar surface area (TPSA) is 96.8 Å². The van der Waals surface area contributed by atoms with Crippen LogP contribution in [-0.4, -0.2) is 45.2 Å². The number of aromatic nitrogens is 1. The van der Waals surface area contributed by atoms with E-state index in [0.717, 1.165) is 23.3 Å². The molecule has 0 bridgehead atoms. The van der Waals surface area contributed by atoms with Gasteiger partial charge < -0.3 is 19.9 Å². The highest BCUT2D eigenvalue weighted by Gasteiger charge is 2.14. The maximum absolute atomic E-state index is 12.2. The number of benzene rings is 1. The van der Waals surface area contributed by atoms with Gasteiger partial charge in [0.1, 0.15) is 5.75 Å². The predicted molar refractivity (Wildman–Crippen MR) is 120 cm³/mol. The Morgan fingerprint density at radius 1 is 1.23 bits per heavy atom. The lowest BCUT2D eigenvalue weighted by Crippen LogP contribution is -2.41. The normalized spacial score (nSPS) is 13.2. The number of aryl methyl sites for hydroxylation is 2. The Morgan fingerprint density at radius 3 is 2.63 bits per heavy atom. The SMILES string of the molecule is CCC(C)Oc1cc(C)ccc1CNC(=NC)NCCNS(=O)(=O)c1ccn(C)c1. The first-order chi connectivity index (χ1) is 14.2. The van der Waals surface area contributed by atoms with E-state index in [0.29, 0.717) is 19.0 Å². The molecule has 166 valence electrons. The van der Waals surface area contributed by atoms with Gasteiger partial charge in [0.05, 0.1) is 11.0 Å². The zero-order chi connectivity index (χ0) is 22.1. The summed E-state index contributed by atoms with van der Waals surface area (Å²) in [5.74, 6) is 1.45. The number of hydrogen-bond donors (Lipinski definition) is 3. The van der Waals surface area contributed by atoms with Crippen LogP contribution in [0, 0.1) is 6.92 Å². The number of nitrogens with one attached hydrogen (secondary N) is 3. The molecule has 0 saturated carbocycles. The van der Waals surface area contributed by atoms with Crippen LogP contribution in [0.15, 0.2) is 46.5 Å². The molecule has 0 aliphatic heterocycles. The molecule has 1 unspecified atom stereocenters. The highest BCUT2D eigenvalue weighted by Crippen LogP contribution is 2.22. The largest absolute Gasteiger partial charge is 0.490 e. The van der Waals surface area contributed by atoms with E-state index in [4.69, 9.17) is 4.74 Å². The molecule has 2 rings (SSSR count). The molecule has 8 nitrogen and oxygen atoms in total. The fourth-order valence-electron chi connectivity index (χ4n) is 2.70. The van der Waals surface area contributed by atoms with Gasteiger partial charge in [0.15, 0.2) is 5.96 Å². The Balaban J connectivity index is 1.85. The molecule has 0 aliphatic carbocycles. The van der Waals surface area contributed by atoms with E-state index in [9.17, 15) is 8.42 Å². The van der Waals surface area contributed by atoms with Crippen molar-refractivity contribution in [3.05, 3.63) is 47.8 Å². The van der Waals surface area contributed by atoms with Gasteiger partial charge in [0, 0.05) is 51.7 Å². The zero-order valence-electron chi connectivity index (χ0n) is 18.4. The van der Waals surface area contributed by atoms with E-state index < -0.39 is 10.0 Å². The number of aliphatic imine (C=N–C) groups is 1. The smallest absolute Gasteiger partial charge is 0.242 e. The molecule has 0 saturated heterocycles. The van der Waals surface area contributed by atoms with Gasteiger partial charge >= 0.3 is 0 Å². The van der Waals surface area contributed by atoms with Crippen LogP contribution in [0.1, 0.15) is 31.4 Å². The van der Waals surface area contributed by atoms with Crippen molar-refractivity contribution >= 4 is 16.0 Å². The zero-order valence-corrected chi connectivity index (χ0v) is 19.2. The summed E-state index contributed by atoms with van der Waals surface area (Å²) in [7, 11) is -0.0537. The second kappa shape index (κ2) is 11.0. The highest BCUT2D eigenvalue weighted by atomic mass is 32.2. The average molecular weight is 436 g/mol. The Morgan fingerprint density at radius 2 is 2.00 bits per heavy atom. The molecule has 1 heterocycles. The Bertz CT molecular complexity index is 953. The minimum absolute atomic E-state index is 0.139. The molecule has 0 radical (unpaired) electrons. The number of sulfonamides is 1. The third-order valence-electron chi connectivity index (χ3n) is 4.62. The van der Waals surface area contributed by atoms with Crippen molar-refractivity contribution in [3.63, 3.8) is 0 Å². The molecule has 3 N–H and O–H groups in total. The molecular weight excluding hydrogens is 402 g/mol. The molecule has 30 heavy (non-hydrogen) atoms. The van der Waals surface area contributed by atoms with Crippen molar-refractivity contribution in [3.8, 4) is 5.75 Å². The van der Waals surface area contributed by atoms with Crippen molar-refractivity contribution in [1.82, 2.24) is 19.9 Å². The molecule has 0 aliphatic rings. The van der Waals surface area contributed by atoms with Crippen molar-refractivity contribution in [1.29, 1.82) is 0 Å². The van der Waals surface area contributed by atoms with Gasteiger partial charge in [-0.15, -0.1) is 0 Å². The minimum atomic E-state index is -3.51. The monoisotopic (exact) mass is 435 g/mol. The van der Waals surface area contributed by atoms with Crippen molar-refractivity contribution in [2.45, 2.75) is 44.7 Å². The van der Waals surface area contributed by atoms with Gasteiger partial charge in [-0.05, 0) is 38.0 Å². The van der Waals surface area contributed by atoms with E-state index >= 15 is 0 Å². The molecular formula is C21H33N5O3S. The molecule has 1 aromatic carbocycles. The second-order valence-corrected chi connectivity index (χ2v) is 8.98. The van der Waals surface area contributed by atoms with E-state index in [1.54, 1.807) is 37.1 Å². The van der Waals surface area contributed by atoms with Crippen LogP contribution in [0.5, 0.6) is 5.75 Å². The minimum Gasteiger partial charge on any atom is -0.490 e. The van der Waals surface area contributed by atoms with E-state index in [1.165, 1.54) is 0 Å². The van der Waals surface area contributed by atoms with Crippen LogP contribution in [0.2, 0.25) is 0 Å². The quantitative estimate of drug-likeness (QED) is 0.302. The van der Waals surface area contributed by atoms with E-state index in [-0.39, 0.29) is 17.5 Å². The van der Waals surface area contributed by atoms with Crippen LogP contribution >= 0.6 is 0 Å². The summed E-state index contributed by atoms with van der Waals surface area (Å²) >= 11 is 0. The van der Waals surface area contributed by atoms with E-state index in [1.807, 2.05) is 19.1 Å². The molecule has 0 amide bonds. The summed E-state index contributed by atoms with van der Waals surface area (Å²) in [6, 6.07) is 7.70. The predicted octanol–water partition coefficient (Wildman–Crippen LogP) is 2.15. The molecule has 1 aromatic heterocycles. The van der Waals surface area contributed by atoms with Crippen molar-refractivity contribution in [2.24, 2.45) is 12.0 Å². The Labute approximate surface area is 179 Å². The fourth-order valence-corrected chi connectivity index (χ4v) is 3.79. The summed E-state index contributed by atoms with van der Waals surface area (Å²) in [5, 5.41) is 6.37. The third kappa shape index (κ3) is 7.07. The fraction of sp³-hybridized carbons (Fsp3) is 0.476. The Hall–Kier alpha value is -2.52. The lowest BCUT2D eigenvalue weighted by atomic mass is 10.1. The van der Waals surface area contributed by atoms with E-state index in [2.05, 4.69) is 40.3 Å². The lowest BCUT2D eigenvalue weighted by molar-refractivity contribution is 0.215. The second-order valence-electron chi connectivity index (χ2n) is 7.21. The van der Waals surface area contributed by atoms with Crippen LogP contribution in [-0.2, 0) is 23.6 Å². The highest BCUT2D eigenvalue weighted by molar-refractivity contribution is 7.89. The number of hydrogen-bond acceptors (Lipinski definition) is 4. The van der Waals surface area contributed by atoms with Crippen LogP contribution < -0.4 is 20.1 Å². The summed E-state index contributed by atoms with van der Waals surface area (Å²) in [5.41, 5.74) is 2.18. The van der Waals surface area contributed by atoms with Gasteiger partial charge in [-0.1, -0.05) is 19.1 Å². The number of rotatable bonds is 10. The molecule has 1 atom stereocenters. The van der Waals surface area contributed by atoms with Crippen molar-refractivity contribution in [2.75, 3.05) is 20.1 Å². The van der Waals surface area contributed by atoms with Gasteiger partial charge in [0.2, 0.25) is 10.0 Å². The molecule has 9 heteroatoms. The standard InChI is InChI=1S/C21H33N5O3S/c1-6-17(3)29-20-13-16(2)7-8-18(20)14-24-21(22-4)23-10-11-25-30(27,28)19-9-12-26(5)15-19/h7-9,12-13,15,17,25H,6,10-11,14H2,1-5H3,(H2,22,23,24). The summed E-state index contributed by atoms with van der Waals surface area (Å²) in [4.78, 5) is 4.45. The number of ether oxygens (including phenoxy) is 1. The maximum Gasteiger partial charge on any atom is 0.242 e. The van der Waals surface area contributed by atoms with Crippen LogP contribution in [0.25, 0.3) is 0 Å². The number of nitrogens with zero attached hydrogens (tertiary/aromatic N) is 2.